The summed E-state index contributed by atoms with van der Waals surface area (Å²) < 4.78 is 11.4. The number of hydrogen-bond acceptors (Lipinski definition) is 7. The fraction of sp³-hybridized carbons (Fsp3) is 0.267. The molecule has 0 spiro atoms. The number of ketones is 2. The Kier molecular flexibility index (Phi) is 6.06. The molecule has 198 valence electrons. The van der Waals surface area contributed by atoms with Gasteiger partial charge in [0.1, 0.15) is 17.2 Å². The van der Waals surface area contributed by atoms with E-state index in [1.165, 1.54) is 37.3 Å². The zero-order valence-electron chi connectivity index (χ0n) is 21.1. The minimum atomic E-state index is -0.771. The van der Waals surface area contributed by atoms with E-state index in [0.29, 0.717) is 28.8 Å². The molecule has 0 aromatic heterocycles. The van der Waals surface area contributed by atoms with Crippen LogP contribution in [-0.4, -0.2) is 42.7 Å². The van der Waals surface area contributed by atoms with Crippen LogP contribution in [-0.2, 0) is 19.2 Å². The Morgan fingerprint density at radius 2 is 1.62 bits per heavy atom. The van der Waals surface area contributed by atoms with Crippen LogP contribution in [0.4, 0.5) is 5.69 Å². The van der Waals surface area contributed by atoms with E-state index in [1.807, 2.05) is 12.1 Å². The number of ether oxygens (including phenoxy) is 2. The van der Waals surface area contributed by atoms with E-state index in [1.54, 1.807) is 24.3 Å². The van der Waals surface area contributed by atoms with Gasteiger partial charge in [-0.3, -0.25) is 24.1 Å². The Balaban J connectivity index is 1.56. The maximum absolute atomic E-state index is 13.9. The quantitative estimate of drug-likeness (QED) is 0.320. The summed E-state index contributed by atoms with van der Waals surface area (Å²) in [6.07, 6.45) is 3.66. The van der Waals surface area contributed by atoms with Gasteiger partial charge in [0, 0.05) is 40.8 Å². The first-order chi connectivity index (χ1) is 18.8. The van der Waals surface area contributed by atoms with Crippen LogP contribution in [0.5, 0.6) is 17.2 Å². The predicted octanol–water partition coefficient (Wildman–Crippen LogP) is 4.38. The van der Waals surface area contributed by atoms with Gasteiger partial charge in [-0.15, -0.1) is 0 Å². The molecule has 39 heavy (non-hydrogen) atoms. The average Bonchev–Trinajstić information content (AvgIpc) is 3.20. The second-order valence-electron chi connectivity index (χ2n) is 10.0. The van der Waals surface area contributed by atoms with Gasteiger partial charge < -0.3 is 14.6 Å². The lowest BCUT2D eigenvalue weighted by molar-refractivity contribution is -0.123. The third-order valence-electron chi connectivity index (χ3n) is 8.16. The normalized spacial score (nSPS) is 26.1. The molecule has 6 rings (SSSR count). The Labute approximate surface area is 232 Å². The molecule has 1 aliphatic heterocycles. The highest BCUT2D eigenvalue weighted by Gasteiger charge is 2.57. The van der Waals surface area contributed by atoms with Crippen LogP contribution < -0.4 is 14.4 Å². The predicted molar refractivity (Wildman–Crippen MR) is 145 cm³/mol. The number of anilines is 1. The lowest BCUT2D eigenvalue weighted by Gasteiger charge is -2.42. The Morgan fingerprint density at radius 3 is 2.26 bits per heavy atom. The van der Waals surface area contributed by atoms with Gasteiger partial charge in [-0.2, -0.15) is 0 Å². The second kappa shape index (κ2) is 9.34. The smallest absolute Gasteiger partial charge is 0.238 e. The summed E-state index contributed by atoms with van der Waals surface area (Å²) in [6, 6.07) is 11.7. The molecule has 2 aromatic rings. The zero-order chi connectivity index (χ0) is 27.6. The van der Waals surface area contributed by atoms with Crippen LogP contribution in [0.25, 0.3) is 0 Å². The number of para-hydroxylation sites is 1. The van der Waals surface area contributed by atoms with E-state index < -0.39 is 23.7 Å². The molecule has 2 aromatic carbocycles. The summed E-state index contributed by atoms with van der Waals surface area (Å²) in [5.41, 5.74) is 2.35. The summed E-state index contributed by atoms with van der Waals surface area (Å²) in [4.78, 5) is 55.6. The highest BCUT2D eigenvalue weighted by molar-refractivity contribution is 9.12. The fourth-order valence-corrected chi connectivity index (χ4v) is 7.03. The third-order valence-corrected chi connectivity index (χ3v) is 8.75. The van der Waals surface area contributed by atoms with E-state index in [0.717, 1.165) is 5.57 Å². The number of halogens is 1. The van der Waals surface area contributed by atoms with Gasteiger partial charge in [-0.25, -0.2) is 0 Å². The highest BCUT2D eigenvalue weighted by atomic mass is 79.9. The number of carbonyl (C=O) groups is 4. The Morgan fingerprint density at radius 1 is 0.949 bits per heavy atom. The molecular formula is C30H24BrNO7. The summed E-state index contributed by atoms with van der Waals surface area (Å²) >= 11 is 3.23. The summed E-state index contributed by atoms with van der Waals surface area (Å²) in [7, 11) is 2.89. The molecule has 1 saturated heterocycles. The van der Waals surface area contributed by atoms with E-state index in [2.05, 4.69) is 15.9 Å². The van der Waals surface area contributed by atoms with Crippen LogP contribution in [0.15, 0.2) is 75.8 Å². The SMILES string of the molecule is COc1cc(O)cc(OC)c1C1C2=CCC3C(=O)N(c4ccccc4)C(=O)C3C2CC2=C1C(=O)C=C(Br)C2=O. The van der Waals surface area contributed by atoms with Crippen molar-refractivity contribution in [3.8, 4) is 17.2 Å². The molecule has 0 saturated carbocycles. The maximum Gasteiger partial charge on any atom is 0.238 e. The molecule has 9 heteroatoms. The number of imide groups is 1. The van der Waals surface area contributed by atoms with Gasteiger partial charge in [0.15, 0.2) is 11.6 Å². The molecular weight excluding hydrogens is 566 g/mol. The number of phenols is 1. The summed E-state index contributed by atoms with van der Waals surface area (Å²) in [5.74, 6) is -3.33. The van der Waals surface area contributed by atoms with Crippen molar-refractivity contribution in [2.24, 2.45) is 17.8 Å². The summed E-state index contributed by atoms with van der Waals surface area (Å²) in [6.45, 7) is 0. The fourth-order valence-electron chi connectivity index (χ4n) is 6.58. The molecule has 1 fully saturated rings. The van der Waals surface area contributed by atoms with E-state index in [9.17, 15) is 24.3 Å². The van der Waals surface area contributed by atoms with E-state index in [-0.39, 0.29) is 51.5 Å². The van der Waals surface area contributed by atoms with Crippen LogP contribution in [0.3, 0.4) is 0 Å². The number of amides is 2. The zero-order valence-corrected chi connectivity index (χ0v) is 22.7. The number of methoxy groups -OCH3 is 2. The Hall–Kier alpha value is -3.98. The van der Waals surface area contributed by atoms with Crippen LogP contribution in [0.2, 0.25) is 0 Å². The first-order valence-electron chi connectivity index (χ1n) is 12.5. The number of aromatic hydroxyl groups is 1. The van der Waals surface area contributed by atoms with Crippen molar-refractivity contribution in [1.82, 2.24) is 0 Å². The number of carbonyl (C=O) groups excluding carboxylic acids is 4. The molecule has 8 nitrogen and oxygen atoms in total. The van der Waals surface area contributed by atoms with Crippen molar-refractivity contribution in [2.45, 2.75) is 18.8 Å². The van der Waals surface area contributed by atoms with Crippen molar-refractivity contribution in [1.29, 1.82) is 0 Å². The number of allylic oxidation sites excluding steroid dienone is 6. The van der Waals surface area contributed by atoms with Gasteiger partial charge in [0.25, 0.3) is 0 Å². The summed E-state index contributed by atoms with van der Waals surface area (Å²) in [5, 5.41) is 10.3. The number of Topliss-reactive ketones (excluding diaryl/α,β-unsaturated/α-hetero) is 1. The van der Waals surface area contributed by atoms with Crippen molar-refractivity contribution in [3.05, 3.63) is 81.4 Å². The standard InChI is InChI=1S/C30H24BrNO7/c1-38-22-10-15(33)11-23(39-2)27(22)26-16-8-9-17-24(30(37)32(29(17)36)14-6-4-3-5-7-14)18(16)12-19-25(26)21(34)13-20(31)28(19)35/h3-8,10-11,13,17-18,24,26,33H,9,12H2,1-2H3. The molecule has 0 radical (unpaired) electrons. The van der Waals surface area contributed by atoms with E-state index in [4.69, 9.17) is 9.47 Å². The number of hydrogen-bond donors (Lipinski definition) is 1. The molecule has 1 heterocycles. The van der Waals surface area contributed by atoms with Crippen LogP contribution in [0, 0.1) is 17.8 Å². The van der Waals surface area contributed by atoms with Gasteiger partial charge in [0.05, 0.1) is 36.2 Å². The molecule has 4 atom stereocenters. The van der Waals surface area contributed by atoms with Crippen LogP contribution >= 0.6 is 15.9 Å². The maximum atomic E-state index is 13.9. The molecule has 0 bridgehead atoms. The van der Waals surface area contributed by atoms with Gasteiger partial charge in [-0.05, 0) is 46.8 Å². The van der Waals surface area contributed by atoms with Crippen molar-refractivity contribution in [3.63, 3.8) is 0 Å². The first-order valence-corrected chi connectivity index (χ1v) is 13.3. The minimum Gasteiger partial charge on any atom is -0.508 e. The van der Waals surface area contributed by atoms with Crippen molar-refractivity contribution >= 4 is 45.0 Å². The second-order valence-corrected chi connectivity index (χ2v) is 10.9. The first kappa shape index (κ1) is 25.3. The molecule has 4 aliphatic rings. The number of rotatable bonds is 4. The molecule has 4 unspecified atom stereocenters. The van der Waals surface area contributed by atoms with Gasteiger partial charge in [0.2, 0.25) is 11.8 Å². The van der Waals surface area contributed by atoms with Gasteiger partial charge in [-0.1, -0.05) is 29.8 Å². The average molecular weight is 590 g/mol. The van der Waals surface area contributed by atoms with Crippen molar-refractivity contribution < 1.29 is 33.8 Å². The van der Waals surface area contributed by atoms with Crippen molar-refractivity contribution in [2.75, 3.05) is 19.1 Å². The number of nitrogens with zero attached hydrogens (tertiary/aromatic N) is 1. The highest BCUT2D eigenvalue weighted by Crippen LogP contribution is 2.58. The minimum absolute atomic E-state index is 0.0875. The lowest BCUT2D eigenvalue weighted by atomic mass is 9.59. The van der Waals surface area contributed by atoms with E-state index >= 15 is 0 Å². The lowest BCUT2D eigenvalue weighted by Crippen LogP contribution is -2.39. The Bertz CT molecular complexity index is 1530. The number of fused-ring (bicyclic) bond motifs is 3. The molecule has 2 amide bonds. The van der Waals surface area contributed by atoms with Crippen LogP contribution in [0.1, 0.15) is 24.3 Å². The number of phenolic OH excluding ortho intramolecular Hbond substituents is 1. The largest absolute Gasteiger partial charge is 0.508 e. The molecule has 3 aliphatic carbocycles. The number of benzene rings is 2. The monoisotopic (exact) mass is 589 g/mol. The third kappa shape index (κ3) is 3.71. The molecule has 1 N–H and O–H groups in total. The van der Waals surface area contributed by atoms with Gasteiger partial charge >= 0.3 is 0 Å². The topological polar surface area (TPSA) is 110 Å².